The van der Waals surface area contributed by atoms with Crippen LogP contribution in [-0.4, -0.2) is 19.7 Å². The Morgan fingerprint density at radius 3 is 2.75 bits per heavy atom. The lowest BCUT2D eigenvalue weighted by Crippen LogP contribution is -3.08. The highest BCUT2D eigenvalue weighted by Crippen LogP contribution is 2.17. The summed E-state index contributed by atoms with van der Waals surface area (Å²) < 4.78 is 5.67. The van der Waals surface area contributed by atoms with Crippen LogP contribution in [-0.2, 0) is 6.54 Å². The lowest BCUT2D eigenvalue weighted by atomic mass is 10.2. The van der Waals surface area contributed by atoms with Crippen molar-refractivity contribution in [1.29, 1.82) is 0 Å². The van der Waals surface area contributed by atoms with Gasteiger partial charge in [-0.25, -0.2) is 0 Å². The molecule has 1 saturated heterocycles. The molecule has 1 aliphatic heterocycles. The van der Waals surface area contributed by atoms with Gasteiger partial charge in [0.15, 0.2) is 0 Å². The fourth-order valence-electron chi connectivity index (χ4n) is 2.26. The zero-order valence-electron chi connectivity index (χ0n) is 9.74. The summed E-state index contributed by atoms with van der Waals surface area (Å²) in [5, 5.41) is 0. The number of rotatable bonds is 5. The van der Waals surface area contributed by atoms with E-state index in [1.807, 2.05) is 12.1 Å². The second-order valence-corrected chi connectivity index (χ2v) is 4.34. The Morgan fingerprint density at radius 2 is 2.00 bits per heavy atom. The smallest absolute Gasteiger partial charge is 0.128 e. The predicted molar refractivity (Wildman–Crippen MR) is 65.8 cm³/mol. The average molecular weight is 218 g/mol. The standard InChI is InChI=1S/C14H19NO/c1-2-11-16-14-8-4-3-7-13(14)12-15-9-5-6-10-15/h2-4,7-8H,1,5-6,9-12H2/p+1. The topological polar surface area (TPSA) is 13.7 Å². The van der Waals surface area contributed by atoms with E-state index in [1.165, 1.54) is 31.5 Å². The normalized spacial score (nSPS) is 16.2. The first-order valence-corrected chi connectivity index (χ1v) is 6.05. The molecule has 86 valence electrons. The van der Waals surface area contributed by atoms with Crippen LogP contribution in [0.2, 0.25) is 0 Å². The second kappa shape index (κ2) is 5.71. The summed E-state index contributed by atoms with van der Waals surface area (Å²) in [6.45, 7) is 7.96. The van der Waals surface area contributed by atoms with Gasteiger partial charge >= 0.3 is 0 Å². The number of likely N-dealkylation sites (tertiary alicyclic amines) is 1. The zero-order valence-corrected chi connectivity index (χ0v) is 9.74. The van der Waals surface area contributed by atoms with Crippen LogP contribution in [0.4, 0.5) is 0 Å². The van der Waals surface area contributed by atoms with Crippen molar-refractivity contribution in [2.75, 3.05) is 19.7 Å². The molecule has 2 heteroatoms. The molecule has 0 amide bonds. The maximum atomic E-state index is 5.67. The summed E-state index contributed by atoms with van der Waals surface area (Å²) in [5.41, 5.74) is 1.32. The molecule has 1 aliphatic rings. The summed E-state index contributed by atoms with van der Waals surface area (Å²) in [5.74, 6) is 1.02. The Balaban J connectivity index is 2.02. The van der Waals surface area contributed by atoms with Gasteiger partial charge in [0.05, 0.1) is 13.1 Å². The van der Waals surface area contributed by atoms with Gasteiger partial charge in [-0.3, -0.25) is 0 Å². The van der Waals surface area contributed by atoms with Crippen molar-refractivity contribution in [2.45, 2.75) is 19.4 Å². The van der Waals surface area contributed by atoms with E-state index >= 15 is 0 Å². The van der Waals surface area contributed by atoms with Gasteiger partial charge in [-0.2, -0.15) is 0 Å². The summed E-state index contributed by atoms with van der Waals surface area (Å²) in [6.07, 6.45) is 4.52. The van der Waals surface area contributed by atoms with Crippen molar-refractivity contribution in [3.63, 3.8) is 0 Å². The van der Waals surface area contributed by atoms with Gasteiger partial charge in [0, 0.05) is 18.4 Å². The van der Waals surface area contributed by atoms with E-state index in [1.54, 1.807) is 11.0 Å². The van der Waals surface area contributed by atoms with Crippen LogP contribution >= 0.6 is 0 Å². The third-order valence-corrected chi connectivity index (χ3v) is 3.08. The van der Waals surface area contributed by atoms with Gasteiger partial charge in [0.25, 0.3) is 0 Å². The van der Waals surface area contributed by atoms with Crippen LogP contribution in [0.15, 0.2) is 36.9 Å². The molecule has 2 nitrogen and oxygen atoms in total. The second-order valence-electron chi connectivity index (χ2n) is 4.34. The fourth-order valence-corrected chi connectivity index (χ4v) is 2.26. The van der Waals surface area contributed by atoms with E-state index in [4.69, 9.17) is 4.74 Å². The molecule has 1 N–H and O–H groups in total. The van der Waals surface area contributed by atoms with Crippen LogP contribution in [0.25, 0.3) is 0 Å². The van der Waals surface area contributed by atoms with Gasteiger partial charge in [0.1, 0.15) is 18.9 Å². The van der Waals surface area contributed by atoms with Crippen LogP contribution in [0.5, 0.6) is 5.75 Å². The number of nitrogens with one attached hydrogen (secondary N) is 1. The monoisotopic (exact) mass is 218 g/mol. The van der Waals surface area contributed by atoms with Gasteiger partial charge < -0.3 is 9.64 Å². The first kappa shape index (κ1) is 11.2. The predicted octanol–water partition coefficient (Wildman–Crippen LogP) is 1.43. The molecule has 0 radical (unpaired) electrons. The Morgan fingerprint density at radius 1 is 1.25 bits per heavy atom. The van der Waals surface area contributed by atoms with Crippen LogP contribution in [0.1, 0.15) is 18.4 Å². The first-order valence-electron chi connectivity index (χ1n) is 6.05. The highest BCUT2D eigenvalue weighted by molar-refractivity contribution is 5.32. The van der Waals surface area contributed by atoms with E-state index < -0.39 is 0 Å². The average Bonchev–Trinajstić information content (AvgIpc) is 2.81. The van der Waals surface area contributed by atoms with E-state index in [0.29, 0.717) is 6.61 Å². The third-order valence-electron chi connectivity index (χ3n) is 3.08. The third kappa shape index (κ3) is 2.86. The minimum Gasteiger partial charge on any atom is -0.489 e. The maximum Gasteiger partial charge on any atom is 0.128 e. The van der Waals surface area contributed by atoms with E-state index in [2.05, 4.69) is 18.7 Å². The molecule has 1 aromatic carbocycles. The van der Waals surface area contributed by atoms with Gasteiger partial charge in [0.2, 0.25) is 0 Å². The Labute approximate surface area is 97.5 Å². The number of hydrogen-bond acceptors (Lipinski definition) is 1. The molecular weight excluding hydrogens is 198 g/mol. The van der Waals surface area contributed by atoms with E-state index in [-0.39, 0.29) is 0 Å². The summed E-state index contributed by atoms with van der Waals surface area (Å²) in [6, 6.07) is 8.34. The summed E-state index contributed by atoms with van der Waals surface area (Å²) in [7, 11) is 0. The SMILES string of the molecule is C=CCOc1ccccc1C[NH+]1CCCC1. The quantitative estimate of drug-likeness (QED) is 0.738. The molecular formula is C14H20NO+. The molecule has 0 atom stereocenters. The molecule has 16 heavy (non-hydrogen) atoms. The highest BCUT2D eigenvalue weighted by atomic mass is 16.5. The van der Waals surface area contributed by atoms with Crippen LogP contribution in [0.3, 0.4) is 0 Å². The van der Waals surface area contributed by atoms with Crippen molar-refractivity contribution >= 4 is 0 Å². The molecule has 0 spiro atoms. The molecule has 0 bridgehead atoms. The minimum absolute atomic E-state index is 0.590. The van der Waals surface area contributed by atoms with E-state index in [0.717, 1.165) is 12.3 Å². The Bertz CT molecular complexity index is 342. The maximum absolute atomic E-state index is 5.67. The fraction of sp³-hybridized carbons (Fsp3) is 0.429. The summed E-state index contributed by atoms with van der Waals surface area (Å²) >= 11 is 0. The zero-order chi connectivity index (χ0) is 11.2. The van der Waals surface area contributed by atoms with Crippen LogP contribution < -0.4 is 9.64 Å². The first-order chi connectivity index (χ1) is 7.90. The molecule has 1 heterocycles. The lowest BCUT2D eigenvalue weighted by Gasteiger charge is -2.15. The number of para-hydroxylation sites is 1. The summed E-state index contributed by atoms with van der Waals surface area (Å²) in [4.78, 5) is 1.68. The lowest BCUT2D eigenvalue weighted by molar-refractivity contribution is -0.901. The van der Waals surface area contributed by atoms with Crippen molar-refractivity contribution < 1.29 is 9.64 Å². The van der Waals surface area contributed by atoms with Crippen molar-refractivity contribution in [2.24, 2.45) is 0 Å². The number of benzene rings is 1. The molecule has 1 fully saturated rings. The number of ether oxygens (including phenoxy) is 1. The van der Waals surface area contributed by atoms with Crippen molar-refractivity contribution in [3.8, 4) is 5.75 Å². The highest BCUT2D eigenvalue weighted by Gasteiger charge is 2.17. The largest absolute Gasteiger partial charge is 0.489 e. The molecule has 0 unspecified atom stereocenters. The van der Waals surface area contributed by atoms with Gasteiger partial charge in [-0.05, 0) is 12.1 Å². The molecule has 0 saturated carbocycles. The van der Waals surface area contributed by atoms with Crippen molar-refractivity contribution in [3.05, 3.63) is 42.5 Å². The molecule has 2 rings (SSSR count). The van der Waals surface area contributed by atoms with Crippen LogP contribution in [0, 0.1) is 0 Å². The Hall–Kier alpha value is -1.28. The minimum atomic E-state index is 0.590. The van der Waals surface area contributed by atoms with Gasteiger partial charge in [-0.15, -0.1) is 0 Å². The Kier molecular flexibility index (Phi) is 4.00. The van der Waals surface area contributed by atoms with Crippen molar-refractivity contribution in [1.82, 2.24) is 0 Å². The molecule has 0 aliphatic carbocycles. The molecule has 1 aromatic rings. The molecule has 0 aromatic heterocycles. The van der Waals surface area contributed by atoms with Gasteiger partial charge in [-0.1, -0.05) is 24.8 Å². The van der Waals surface area contributed by atoms with E-state index in [9.17, 15) is 0 Å². The number of hydrogen-bond donors (Lipinski definition) is 1. The number of quaternary nitrogens is 1.